The van der Waals surface area contributed by atoms with Crippen molar-refractivity contribution in [3.05, 3.63) is 81.9 Å². The van der Waals surface area contributed by atoms with Crippen molar-refractivity contribution in [1.29, 1.82) is 15.8 Å². The first-order valence-electron chi connectivity index (χ1n) is 13.2. The van der Waals surface area contributed by atoms with E-state index < -0.39 is 5.60 Å². The summed E-state index contributed by atoms with van der Waals surface area (Å²) in [6.07, 6.45) is 10.7. The Morgan fingerprint density at radius 2 is 1.79 bits per heavy atom. The van der Waals surface area contributed by atoms with Gasteiger partial charge in [0.15, 0.2) is 11.3 Å². The minimum absolute atomic E-state index is 0.0463. The summed E-state index contributed by atoms with van der Waals surface area (Å²) in [5, 5.41) is 28.5. The zero-order chi connectivity index (χ0) is 27.9. The molecule has 0 aromatic heterocycles. The van der Waals surface area contributed by atoms with Crippen LogP contribution in [-0.2, 0) is 4.74 Å². The highest BCUT2D eigenvalue weighted by Gasteiger charge is 2.39. The molecule has 0 N–H and O–H groups in total. The van der Waals surface area contributed by atoms with Crippen LogP contribution in [0.1, 0.15) is 67.2 Å². The predicted molar refractivity (Wildman–Crippen MR) is 149 cm³/mol. The van der Waals surface area contributed by atoms with E-state index in [0.29, 0.717) is 11.5 Å². The zero-order valence-electron chi connectivity index (χ0n) is 23.3. The van der Waals surface area contributed by atoms with Gasteiger partial charge >= 0.3 is 0 Å². The number of rotatable bonds is 9. The molecule has 1 atom stereocenters. The van der Waals surface area contributed by atoms with Crippen LogP contribution in [0.15, 0.2) is 81.9 Å². The van der Waals surface area contributed by atoms with E-state index in [4.69, 9.17) is 9.47 Å². The molecule has 2 aliphatic heterocycles. The molecule has 2 heterocycles. The van der Waals surface area contributed by atoms with E-state index in [1.165, 1.54) is 19.3 Å². The quantitative estimate of drug-likeness (QED) is 0.316. The lowest BCUT2D eigenvalue weighted by atomic mass is 9.92. The fourth-order valence-corrected chi connectivity index (χ4v) is 4.86. The minimum Gasteiger partial charge on any atom is -0.493 e. The van der Waals surface area contributed by atoms with E-state index in [1.54, 1.807) is 0 Å². The third kappa shape index (κ3) is 6.19. The number of unbranched alkanes of at least 4 members (excludes halogenated alkanes) is 1. The number of nitrogens with zero attached hydrogens (tertiary/aromatic N) is 4. The Morgan fingerprint density at radius 3 is 2.37 bits per heavy atom. The second-order valence-electron chi connectivity index (χ2n) is 10.2. The monoisotopic (exact) mass is 508 g/mol. The summed E-state index contributed by atoms with van der Waals surface area (Å²) in [5.74, 6) is 1.47. The van der Waals surface area contributed by atoms with Crippen LogP contribution in [0.4, 0.5) is 5.69 Å². The molecule has 6 heteroatoms. The van der Waals surface area contributed by atoms with Gasteiger partial charge in [-0.1, -0.05) is 39.2 Å². The molecule has 1 aromatic carbocycles. The maximum atomic E-state index is 9.84. The van der Waals surface area contributed by atoms with E-state index in [1.807, 2.05) is 70.2 Å². The molecule has 196 valence electrons. The Kier molecular flexibility index (Phi) is 9.22. The summed E-state index contributed by atoms with van der Waals surface area (Å²) >= 11 is 0. The molecule has 0 bridgehead atoms. The van der Waals surface area contributed by atoms with Gasteiger partial charge in [0, 0.05) is 28.7 Å². The third-order valence-corrected chi connectivity index (χ3v) is 6.94. The van der Waals surface area contributed by atoms with Crippen molar-refractivity contribution in [3.8, 4) is 24.0 Å². The molecule has 0 aliphatic carbocycles. The van der Waals surface area contributed by atoms with Gasteiger partial charge in [-0.2, -0.15) is 15.8 Å². The van der Waals surface area contributed by atoms with Gasteiger partial charge in [-0.3, -0.25) is 0 Å². The molecule has 3 rings (SSSR count). The van der Waals surface area contributed by atoms with Gasteiger partial charge < -0.3 is 14.4 Å². The van der Waals surface area contributed by atoms with Crippen LogP contribution < -0.4 is 9.64 Å². The summed E-state index contributed by atoms with van der Waals surface area (Å²) in [6, 6.07) is 14.0. The van der Waals surface area contributed by atoms with E-state index in [2.05, 4.69) is 36.9 Å². The molecule has 0 fully saturated rings. The van der Waals surface area contributed by atoms with E-state index in [-0.39, 0.29) is 16.9 Å². The average molecular weight is 509 g/mol. The Balaban J connectivity index is 1.90. The number of allylic oxidation sites excluding steroid dienone is 7. The minimum atomic E-state index is -0.855. The van der Waals surface area contributed by atoms with Crippen molar-refractivity contribution in [2.75, 3.05) is 11.5 Å². The second kappa shape index (κ2) is 12.4. The summed E-state index contributed by atoms with van der Waals surface area (Å²) in [4.78, 5) is 2.17. The fraction of sp³-hybridized carbons (Fsp3) is 0.406. The van der Waals surface area contributed by atoms with Crippen LogP contribution >= 0.6 is 0 Å². The van der Waals surface area contributed by atoms with E-state index in [9.17, 15) is 15.8 Å². The lowest BCUT2D eigenvalue weighted by Gasteiger charge is -2.30. The first-order chi connectivity index (χ1) is 18.2. The van der Waals surface area contributed by atoms with Crippen LogP contribution in [0.5, 0.6) is 5.75 Å². The molecule has 0 saturated carbocycles. The normalized spacial score (nSPS) is 17.0. The maximum absolute atomic E-state index is 9.84. The van der Waals surface area contributed by atoms with Gasteiger partial charge in [-0.25, -0.2) is 0 Å². The molecule has 0 amide bonds. The molecule has 1 aromatic rings. The maximum Gasteiger partial charge on any atom is 0.172 e. The van der Waals surface area contributed by atoms with Crippen LogP contribution in [-0.4, -0.2) is 12.2 Å². The molecular formula is C32H36N4O2. The van der Waals surface area contributed by atoms with E-state index in [0.717, 1.165) is 41.4 Å². The van der Waals surface area contributed by atoms with Gasteiger partial charge in [-0.15, -0.1) is 0 Å². The first kappa shape index (κ1) is 28.4. The topological polar surface area (TPSA) is 93.1 Å². The van der Waals surface area contributed by atoms with Crippen molar-refractivity contribution < 1.29 is 9.47 Å². The molecule has 2 aliphatic rings. The van der Waals surface area contributed by atoms with Gasteiger partial charge in [-0.05, 0) is 76.0 Å². The second-order valence-corrected chi connectivity index (χ2v) is 10.2. The van der Waals surface area contributed by atoms with Gasteiger partial charge in [0.1, 0.15) is 35.1 Å². The van der Waals surface area contributed by atoms with Crippen molar-refractivity contribution >= 4 is 5.69 Å². The summed E-state index contributed by atoms with van der Waals surface area (Å²) in [6.45, 7) is 12.9. The third-order valence-electron chi connectivity index (χ3n) is 6.94. The van der Waals surface area contributed by atoms with Crippen LogP contribution in [0.2, 0.25) is 0 Å². The van der Waals surface area contributed by atoms with Crippen LogP contribution in [0, 0.1) is 39.9 Å². The number of benzene rings is 1. The van der Waals surface area contributed by atoms with E-state index >= 15 is 0 Å². The van der Waals surface area contributed by atoms with Crippen LogP contribution in [0.3, 0.4) is 0 Å². The molecular weight excluding hydrogens is 472 g/mol. The first-order valence-corrected chi connectivity index (χ1v) is 13.2. The van der Waals surface area contributed by atoms with Crippen molar-refractivity contribution in [2.24, 2.45) is 5.92 Å². The van der Waals surface area contributed by atoms with Gasteiger partial charge in [0.25, 0.3) is 0 Å². The summed E-state index contributed by atoms with van der Waals surface area (Å²) in [5.41, 5.74) is 3.76. The number of anilines is 1. The Bertz CT molecular complexity index is 1310. The highest BCUT2D eigenvalue weighted by atomic mass is 16.5. The highest BCUT2D eigenvalue weighted by Crippen LogP contribution is 2.41. The smallest absolute Gasteiger partial charge is 0.172 e. The summed E-state index contributed by atoms with van der Waals surface area (Å²) in [7, 11) is 0. The van der Waals surface area contributed by atoms with Crippen molar-refractivity contribution in [3.63, 3.8) is 0 Å². The lowest BCUT2D eigenvalue weighted by molar-refractivity contribution is 0.0953. The number of hydrogen-bond donors (Lipinski definition) is 0. The summed E-state index contributed by atoms with van der Waals surface area (Å²) < 4.78 is 12.1. The van der Waals surface area contributed by atoms with Crippen molar-refractivity contribution in [1.82, 2.24) is 0 Å². The van der Waals surface area contributed by atoms with Gasteiger partial charge in [0.05, 0.1) is 6.61 Å². The fourth-order valence-electron chi connectivity index (χ4n) is 4.86. The Morgan fingerprint density at radius 1 is 1.11 bits per heavy atom. The molecule has 0 saturated heterocycles. The molecule has 0 spiro atoms. The largest absolute Gasteiger partial charge is 0.493 e. The molecule has 0 radical (unpaired) electrons. The molecule has 38 heavy (non-hydrogen) atoms. The number of hydrogen-bond acceptors (Lipinski definition) is 6. The van der Waals surface area contributed by atoms with Gasteiger partial charge in [0.2, 0.25) is 0 Å². The zero-order valence-corrected chi connectivity index (χ0v) is 23.3. The number of ether oxygens (including phenoxy) is 2. The Hall–Kier alpha value is -4.21. The average Bonchev–Trinajstić information content (AvgIpc) is 3.14. The highest BCUT2D eigenvalue weighted by molar-refractivity contribution is 5.66. The standard InChI is InChI=1S/C32H36N4O2/c1-7-9-11-24(8-2)21-37-28-13-10-12-27(17-28)36-22(3)14-25(15-23(36)4)16-30-29(20-35)31(26(18-33)19-34)38-32(30,5)6/h10,12-17,24H,7-9,11,21H2,1-6H3. The molecule has 1 unspecified atom stereocenters. The predicted octanol–water partition coefficient (Wildman–Crippen LogP) is 7.77. The lowest BCUT2D eigenvalue weighted by Crippen LogP contribution is -2.23. The molecule has 6 nitrogen and oxygen atoms in total. The number of nitriles is 3. The van der Waals surface area contributed by atoms with Crippen molar-refractivity contribution in [2.45, 2.75) is 72.8 Å². The SMILES string of the molecule is CCCCC(CC)COc1cccc(N2C(C)=CC(=CC3=C(C#N)C(=C(C#N)C#N)OC3(C)C)C=C2C)c1. The van der Waals surface area contributed by atoms with Crippen LogP contribution in [0.25, 0.3) is 0 Å². The Labute approximate surface area is 227 Å².